The predicted molar refractivity (Wildman–Crippen MR) is 86.3 cm³/mol. The lowest BCUT2D eigenvalue weighted by Crippen LogP contribution is -2.05. The summed E-state index contributed by atoms with van der Waals surface area (Å²) in [5, 5.41) is -0.109. The van der Waals surface area contributed by atoms with Gasteiger partial charge < -0.3 is 14.0 Å². The van der Waals surface area contributed by atoms with Crippen LogP contribution >= 0.6 is 11.6 Å². The number of imidazole rings is 1. The van der Waals surface area contributed by atoms with Crippen molar-refractivity contribution in [3.8, 4) is 5.75 Å². The maximum absolute atomic E-state index is 6.28. The second kappa shape index (κ2) is 7.66. The minimum absolute atomic E-state index is 0.109. The zero-order chi connectivity index (χ0) is 15.2. The molecular formula is C16H23ClN2O2. The van der Waals surface area contributed by atoms with Gasteiger partial charge in [-0.25, -0.2) is 4.98 Å². The summed E-state index contributed by atoms with van der Waals surface area (Å²) >= 11 is 6.28. The first kappa shape index (κ1) is 16.1. The van der Waals surface area contributed by atoms with Crippen LogP contribution in [-0.2, 0) is 11.3 Å². The van der Waals surface area contributed by atoms with Gasteiger partial charge in [-0.1, -0.05) is 0 Å². The van der Waals surface area contributed by atoms with Crippen molar-refractivity contribution in [2.45, 2.75) is 38.1 Å². The molecule has 0 radical (unpaired) electrons. The van der Waals surface area contributed by atoms with E-state index in [4.69, 9.17) is 21.1 Å². The number of alkyl halides is 1. The number of nitrogens with zero attached hydrogens (tertiary/aromatic N) is 2. The van der Waals surface area contributed by atoms with E-state index in [2.05, 4.69) is 9.55 Å². The summed E-state index contributed by atoms with van der Waals surface area (Å²) in [6.07, 6.45) is 3.30. The number of benzene rings is 1. The van der Waals surface area contributed by atoms with Crippen LogP contribution in [0.5, 0.6) is 5.75 Å². The summed E-state index contributed by atoms with van der Waals surface area (Å²) in [6.45, 7) is 3.69. The number of halogens is 1. The lowest BCUT2D eigenvalue weighted by atomic mass is 10.2. The average Bonchev–Trinajstić information content (AvgIpc) is 2.85. The molecule has 2 aromatic rings. The lowest BCUT2D eigenvalue weighted by molar-refractivity contribution is 0.191. The van der Waals surface area contributed by atoms with Crippen molar-refractivity contribution in [3.63, 3.8) is 0 Å². The van der Waals surface area contributed by atoms with E-state index in [0.29, 0.717) is 0 Å². The molecule has 0 aliphatic carbocycles. The molecule has 1 atom stereocenters. The molecule has 0 spiro atoms. The van der Waals surface area contributed by atoms with E-state index in [1.54, 1.807) is 14.2 Å². The quantitative estimate of drug-likeness (QED) is 0.542. The van der Waals surface area contributed by atoms with Crippen LogP contribution in [0.3, 0.4) is 0 Å². The number of rotatable bonds is 8. The van der Waals surface area contributed by atoms with Gasteiger partial charge in [-0.2, -0.15) is 0 Å². The molecule has 1 aromatic heterocycles. The maximum atomic E-state index is 6.28. The monoisotopic (exact) mass is 310 g/mol. The van der Waals surface area contributed by atoms with Gasteiger partial charge in [0.25, 0.3) is 0 Å². The van der Waals surface area contributed by atoms with E-state index in [-0.39, 0.29) is 5.38 Å². The second-order valence-corrected chi connectivity index (χ2v) is 5.80. The number of unbranched alkanes of at least 4 members (excludes halogenated alkanes) is 2. The molecule has 21 heavy (non-hydrogen) atoms. The smallest absolute Gasteiger partial charge is 0.127 e. The van der Waals surface area contributed by atoms with Crippen molar-refractivity contribution >= 4 is 22.6 Å². The third-order valence-electron chi connectivity index (χ3n) is 3.57. The van der Waals surface area contributed by atoms with Crippen LogP contribution in [0.4, 0.5) is 0 Å². The fourth-order valence-corrected chi connectivity index (χ4v) is 2.65. The maximum Gasteiger partial charge on any atom is 0.127 e. The Morgan fingerprint density at radius 3 is 2.71 bits per heavy atom. The Balaban J connectivity index is 2.22. The van der Waals surface area contributed by atoms with Gasteiger partial charge in [-0.3, -0.25) is 0 Å². The molecule has 1 heterocycles. The SMILES string of the molecule is COCCCCCn1c(C(C)Cl)nc2ccc(OC)cc21. The number of aryl methyl sites for hydroxylation is 1. The minimum atomic E-state index is -0.109. The Hall–Kier alpha value is -1.26. The highest BCUT2D eigenvalue weighted by molar-refractivity contribution is 6.20. The van der Waals surface area contributed by atoms with E-state index in [1.165, 1.54) is 0 Å². The van der Waals surface area contributed by atoms with Gasteiger partial charge >= 0.3 is 0 Å². The molecule has 4 nitrogen and oxygen atoms in total. The Kier molecular flexibility index (Phi) is 5.88. The lowest BCUT2D eigenvalue weighted by Gasteiger charge is -2.11. The molecule has 116 valence electrons. The Morgan fingerprint density at radius 2 is 2.05 bits per heavy atom. The highest BCUT2D eigenvalue weighted by atomic mass is 35.5. The molecule has 0 N–H and O–H groups in total. The van der Waals surface area contributed by atoms with Gasteiger partial charge in [0.1, 0.15) is 11.6 Å². The Labute approximate surface area is 131 Å². The Morgan fingerprint density at radius 1 is 1.24 bits per heavy atom. The van der Waals surface area contributed by atoms with Gasteiger partial charge in [0, 0.05) is 26.3 Å². The molecule has 0 aliphatic rings. The van der Waals surface area contributed by atoms with Gasteiger partial charge in [0.2, 0.25) is 0 Å². The zero-order valence-corrected chi connectivity index (χ0v) is 13.7. The summed E-state index contributed by atoms with van der Waals surface area (Å²) in [5.41, 5.74) is 2.05. The number of hydrogen-bond donors (Lipinski definition) is 0. The number of methoxy groups -OCH3 is 2. The van der Waals surface area contributed by atoms with Crippen LogP contribution in [-0.4, -0.2) is 30.4 Å². The topological polar surface area (TPSA) is 36.3 Å². The van der Waals surface area contributed by atoms with Crippen molar-refractivity contribution < 1.29 is 9.47 Å². The molecule has 1 unspecified atom stereocenters. The summed E-state index contributed by atoms with van der Waals surface area (Å²) < 4.78 is 12.6. The Bertz CT molecular complexity index is 581. The highest BCUT2D eigenvalue weighted by Crippen LogP contribution is 2.27. The van der Waals surface area contributed by atoms with Crippen LogP contribution in [0.1, 0.15) is 37.4 Å². The van der Waals surface area contributed by atoms with Crippen molar-refractivity contribution in [1.82, 2.24) is 9.55 Å². The molecule has 0 bridgehead atoms. The van der Waals surface area contributed by atoms with E-state index in [9.17, 15) is 0 Å². The molecule has 0 saturated carbocycles. The predicted octanol–water partition coefficient (Wildman–Crippen LogP) is 4.16. The molecular weight excluding hydrogens is 288 g/mol. The van der Waals surface area contributed by atoms with E-state index < -0.39 is 0 Å². The van der Waals surface area contributed by atoms with Crippen LogP contribution in [0, 0.1) is 0 Å². The van der Waals surface area contributed by atoms with Crippen molar-refractivity contribution in [3.05, 3.63) is 24.0 Å². The number of hydrogen-bond acceptors (Lipinski definition) is 3. The summed E-state index contributed by atoms with van der Waals surface area (Å²) in [4.78, 5) is 4.65. The summed E-state index contributed by atoms with van der Waals surface area (Å²) in [7, 11) is 3.42. The average molecular weight is 311 g/mol. The number of fused-ring (bicyclic) bond motifs is 1. The van der Waals surface area contributed by atoms with Gasteiger partial charge in [-0.15, -0.1) is 11.6 Å². The molecule has 0 saturated heterocycles. The van der Waals surface area contributed by atoms with Crippen LogP contribution < -0.4 is 4.74 Å². The van der Waals surface area contributed by atoms with Crippen LogP contribution in [0.2, 0.25) is 0 Å². The number of ether oxygens (including phenoxy) is 2. The van der Waals surface area contributed by atoms with Gasteiger partial charge in [0.15, 0.2) is 0 Å². The first-order valence-corrected chi connectivity index (χ1v) is 7.78. The first-order chi connectivity index (χ1) is 10.2. The van der Waals surface area contributed by atoms with E-state index in [1.807, 2.05) is 25.1 Å². The normalized spacial score (nSPS) is 12.8. The fourth-order valence-electron chi connectivity index (χ4n) is 2.48. The largest absolute Gasteiger partial charge is 0.497 e. The van der Waals surface area contributed by atoms with Crippen molar-refractivity contribution in [2.24, 2.45) is 0 Å². The fraction of sp³-hybridized carbons (Fsp3) is 0.562. The van der Waals surface area contributed by atoms with E-state index in [0.717, 1.165) is 55.0 Å². The van der Waals surface area contributed by atoms with Crippen molar-refractivity contribution in [2.75, 3.05) is 20.8 Å². The standard InChI is InChI=1S/C16H23ClN2O2/c1-12(17)16-18-14-8-7-13(21-3)11-15(14)19(16)9-5-4-6-10-20-2/h7-8,11-12H,4-6,9-10H2,1-3H3. The van der Waals surface area contributed by atoms with Gasteiger partial charge in [0.05, 0.1) is 23.5 Å². The molecule has 2 rings (SSSR count). The molecule has 0 amide bonds. The van der Waals surface area contributed by atoms with Crippen LogP contribution in [0.15, 0.2) is 18.2 Å². The third kappa shape index (κ3) is 3.89. The van der Waals surface area contributed by atoms with Gasteiger partial charge in [-0.05, 0) is 38.3 Å². The molecule has 0 fully saturated rings. The zero-order valence-electron chi connectivity index (χ0n) is 12.9. The first-order valence-electron chi connectivity index (χ1n) is 7.34. The van der Waals surface area contributed by atoms with Crippen molar-refractivity contribution in [1.29, 1.82) is 0 Å². The molecule has 0 aliphatic heterocycles. The second-order valence-electron chi connectivity index (χ2n) is 5.15. The van der Waals surface area contributed by atoms with Crippen LogP contribution in [0.25, 0.3) is 11.0 Å². The van der Waals surface area contributed by atoms with E-state index >= 15 is 0 Å². The highest BCUT2D eigenvalue weighted by Gasteiger charge is 2.15. The summed E-state index contributed by atoms with van der Waals surface area (Å²) in [6, 6.07) is 5.94. The third-order valence-corrected chi connectivity index (χ3v) is 3.77. The minimum Gasteiger partial charge on any atom is -0.497 e. The number of aromatic nitrogens is 2. The molecule has 5 heteroatoms. The summed E-state index contributed by atoms with van der Waals surface area (Å²) in [5.74, 6) is 1.77. The molecule has 1 aromatic carbocycles.